The molecule has 7 heteroatoms. The van der Waals surface area contributed by atoms with E-state index in [-0.39, 0.29) is 11.3 Å². The van der Waals surface area contributed by atoms with Crippen molar-refractivity contribution < 1.29 is 19.1 Å². The predicted octanol–water partition coefficient (Wildman–Crippen LogP) is 3.82. The zero-order valence-corrected chi connectivity index (χ0v) is 13.9. The van der Waals surface area contributed by atoms with Crippen molar-refractivity contribution in [1.29, 1.82) is 0 Å². The molecule has 1 N–H and O–H groups in total. The van der Waals surface area contributed by atoms with Crippen LogP contribution in [0.2, 0.25) is 5.02 Å². The molecule has 0 radical (unpaired) electrons. The van der Waals surface area contributed by atoms with Crippen LogP contribution >= 0.6 is 23.4 Å². The van der Waals surface area contributed by atoms with Crippen LogP contribution in [0.25, 0.3) is 0 Å². The highest BCUT2D eigenvalue weighted by Crippen LogP contribution is 2.44. The van der Waals surface area contributed by atoms with E-state index in [0.29, 0.717) is 10.6 Å². The molecule has 2 aromatic carbocycles. The average Bonchev–Trinajstić information content (AvgIpc) is 3.00. The van der Waals surface area contributed by atoms with E-state index < -0.39 is 29.1 Å². The summed E-state index contributed by atoms with van der Waals surface area (Å²) in [5, 5.41) is 9.31. The highest BCUT2D eigenvalue weighted by molar-refractivity contribution is 7.99. The Labute approximate surface area is 147 Å². The van der Waals surface area contributed by atoms with Gasteiger partial charge < -0.3 is 10.0 Å². The number of aliphatic carboxylic acids is 1. The molecule has 3 rings (SSSR count). The summed E-state index contributed by atoms with van der Waals surface area (Å²) in [6.45, 7) is 0. The summed E-state index contributed by atoms with van der Waals surface area (Å²) in [4.78, 5) is 25.6. The fourth-order valence-electron chi connectivity index (χ4n) is 2.63. The van der Waals surface area contributed by atoms with Crippen LogP contribution in [-0.4, -0.2) is 33.7 Å². The summed E-state index contributed by atoms with van der Waals surface area (Å²) >= 11 is 7.51. The van der Waals surface area contributed by atoms with Gasteiger partial charge in [0, 0.05) is 16.3 Å². The van der Waals surface area contributed by atoms with Crippen molar-refractivity contribution in [2.24, 2.45) is 0 Å². The van der Waals surface area contributed by atoms with Crippen molar-refractivity contribution in [3.8, 4) is 0 Å². The molecule has 0 aliphatic carbocycles. The second-order valence-electron chi connectivity index (χ2n) is 5.25. The number of hydrogen-bond acceptors (Lipinski definition) is 3. The Balaban J connectivity index is 2.05. The van der Waals surface area contributed by atoms with Crippen LogP contribution in [0.15, 0.2) is 48.5 Å². The number of nitrogens with zero attached hydrogens (tertiary/aromatic N) is 1. The van der Waals surface area contributed by atoms with E-state index >= 15 is 0 Å². The minimum absolute atomic E-state index is 0.150. The highest BCUT2D eigenvalue weighted by atomic mass is 35.5. The van der Waals surface area contributed by atoms with Gasteiger partial charge in [-0.2, -0.15) is 0 Å². The monoisotopic (exact) mass is 365 g/mol. The van der Waals surface area contributed by atoms with Gasteiger partial charge in [0.25, 0.3) is 5.91 Å². The van der Waals surface area contributed by atoms with Gasteiger partial charge in [0.2, 0.25) is 0 Å². The Bertz CT molecular complexity index is 801. The van der Waals surface area contributed by atoms with Crippen molar-refractivity contribution in [3.63, 3.8) is 0 Å². The first-order valence-electron chi connectivity index (χ1n) is 7.16. The molecule has 2 aromatic rings. The SMILES string of the molecule is O=C(O)C1CSC(c2ccccc2Cl)N1C(=O)c1ccccc1F. The van der Waals surface area contributed by atoms with Crippen molar-refractivity contribution in [1.82, 2.24) is 4.90 Å². The molecule has 1 fully saturated rings. The minimum atomic E-state index is -1.12. The lowest BCUT2D eigenvalue weighted by Crippen LogP contribution is -2.43. The lowest BCUT2D eigenvalue weighted by molar-refractivity contribution is -0.141. The Kier molecular flexibility index (Phi) is 4.78. The van der Waals surface area contributed by atoms with Crippen molar-refractivity contribution in [3.05, 3.63) is 70.5 Å². The van der Waals surface area contributed by atoms with Crippen molar-refractivity contribution >= 4 is 35.2 Å². The van der Waals surface area contributed by atoms with Gasteiger partial charge in [0.1, 0.15) is 17.2 Å². The molecular weight excluding hydrogens is 353 g/mol. The van der Waals surface area contributed by atoms with E-state index in [4.69, 9.17) is 11.6 Å². The number of carbonyl (C=O) groups excluding carboxylic acids is 1. The van der Waals surface area contributed by atoms with Gasteiger partial charge in [0.15, 0.2) is 0 Å². The summed E-state index contributed by atoms with van der Waals surface area (Å²) in [7, 11) is 0. The summed E-state index contributed by atoms with van der Waals surface area (Å²) in [6, 6.07) is 11.4. The lowest BCUT2D eigenvalue weighted by Gasteiger charge is -2.28. The Morgan fingerprint density at radius 3 is 2.50 bits per heavy atom. The Morgan fingerprint density at radius 2 is 1.83 bits per heavy atom. The van der Waals surface area contributed by atoms with E-state index in [1.807, 2.05) is 0 Å². The van der Waals surface area contributed by atoms with E-state index in [1.54, 1.807) is 30.3 Å². The molecule has 2 unspecified atom stereocenters. The Morgan fingerprint density at radius 1 is 1.17 bits per heavy atom. The molecule has 0 bridgehead atoms. The molecular formula is C17H13ClFNO3S. The van der Waals surface area contributed by atoms with Gasteiger partial charge in [-0.05, 0) is 18.2 Å². The third-order valence-corrected chi connectivity index (χ3v) is 5.44. The first kappa shape index (κ1) is 16.8. The van der Waals surface area contributed by atoms with Gasteiger partial charge >= 0.3 is 5.97 Å². The van der Waals surface area contributed by atoms with Crippen LogP contribution in [0.1, 0.15) is 21.3 Å². The smallest absolute Gasteiger partial charge is 0.327 e. The van der Waals surface area contributed by atoms with Crippen LogP contribution in [0.3, 0.4) is 0 Å². The number of halogens is 2. The quantitative estimate of drug-likeness (QED) is 0.898. The number of hydrogen-bond donors (Lipinski definition) is 1. The summed E-state index contributed by atoms with van der Waals surface area (Å²) in [6.07, 6.45) is 0. The molecule has 0 aromatic heterocycles. The standard InChI is InChI=1S/C17H13ClFNO3S/c18-12-7-3-1-5-10(12)16-20(14(9-24-16)17(22)23)15(21)11-6-2-4-8-13(11)19/h1-8,14,16H,9H2,(H,22,23). The van der Waals surface area contributed by atoms with Crippen molar-refractivity contribution in [2.45, 2.75) is 11.4 Å². The second-order valence-corrected chi connectivity index (χ2v) is 6.77. The number of carboxylic acids is 1. The molecule has 0 saturated carbocycles. The zero-order chi connectivity index (χ0) is 17.3. The first-order chi connectivity index (χ1) is 11.5. The summed E-state index contributed by atoms with van der Waals surface area (Å²) in [5.74, 6) is -2.25. The first-order valence-corrected chi connectivity index (χ1v) is 8.59. The fourth-order valence-corrected chi connectivity index (χ4v) is 4.39. The highest BCUT2D eigenvalue weighted by Gasteiger charge is 2.43. The van der Waals surface area contributed by atoms with Crippen LogP contribution in [0.5, 0.6) is 0 Å². The van der Waals surface area contributed by atoms with E-state index in [9.17, 15) is 19.1 Å². The number of thioether (sulfide) groups is 1. The second kappa shape index (κ2) is 6.83. The molecule has 124 valence electrons. The Hall–Kier alpha value is -2.05. The largest absolute Gasteiger partial charge is 0.480 e. The third-order valence-electron chi connectivity index (χ3n) is 3.80. The van der Waals surface area contributed by atoms with Gasteiger partial charge in [-0.1, -0.05) is 41.9 Å². The van der Waals surface area contributed by atoms with Gasteiger partial charge in [-0.25, -0.2) is 9.18 Å². The van der Waals surface area contributed by atoms with Crippen LogP contribution < -0.4 is 0 Å². The summed E-state index contributed by atoms with van der Waals surface area (Å²) in [5.41, 5.74) is 0.487. The number of rotatable bonds is 3. The molecule has 0 spiro atoms. The van der Waals surface area contributed by atoms with E-state index in [1.165, 1.54) is 34.9 Å². The zero-order valence-electron chi connectivity index (χ0n) is 12.4. The number of amides is 1. The minimum Gasteiger partial charge on any atom is -0.480 e. The maximum Gasteiger partial charge on any atom is 0.327 e. The van der Waals surface area contributed by atoms with E-state index in [0.717, 1.165) is 0 Å². The van der Waals surface area contributed by atoms with Gasteiger partial charge in [0.05, 0.1) is 5.56 Å². The van der Waals surface area contributed by atoms with Crippen LogP contribution in [-0.2, 0) is 4.79 Å². The van der Waals surface area contributed by atoms with Gasteiger partial charge in [-0.3, -0.25) is 4.79 Å². The molecule has 24 heavy (non-hydrogen) atoms. The number of carboxylic acid groups (broad SMARTS) is 1. The molecule has 4 nitrogen and oxygen atoms in total. The fraction of sp³-hybridized carbons (Fsp3) is 0.176. The lowest BCUT2D eigenvalue weighted by atomic mass is 10.1. The molecule has 1 aliphatic heterocycles. The van der Waals surface area contributed by atoms with Crippen LogP contribution in [0.4, 0.5) is 4.39 Å². The average molecular weight is 366 g/mol. The number of benzene rings is 2. The maximum atomic E-state index is 14.0. The predicted molar refractivity (Wildman–Crippen MR) is 90.6 cm³/mol. The van der Waals surface area contributed by atoms with Crippen molar-refractivity contribution in [2.75, 3.05) is 5.75 Å². The third kappa shape index (κ3) is 2.99. The number of carbonyl (C=O) groups is 2. The van der Waals surface area contributed by atoms with E-state index in [2.05, 4.69) is 0 Å². The molecule has 1 aliphatic rings. The van der Waals surface area contributed by atoms with Crippen LogP contribution in [0, 0.1) is 5.82 Å². The normalized spacial score (nSPS) is 20.2. The molecule has 1 amide bonds. The van der Waals surface area contributed by atoms with Gasteiger partial charge in [-0.15, -0.1) is 11.8 Å². The maximum absolute atomic E-state index is 14.0. The molecule has 2 atom stereocenters. The molecule has 1 saturated heterocycles. The molecule has 1 heterocycles. The summed E-state index contributed by atoms with van der Waals surface area (Å²) < 4.78 is 14.0. The topological polar surface area (TPSA) is 57.6 Å².